The number of alkyl halides is 3. The summed E-state index contributed by atoms with van der Waals surface area (Å²) < 4.78 is 43.5. The molecule has 0 aliphatic carbocycles. The Hall–Kier alpha value is -3.09. The zero-order chi connectivity index (χ0) is 17.5. The number of rotatable bonds is 2. The van der Waals surface area contributed by atoms with Crippen molar-refractivity contribution >= 4 is 17.8 Å². The van der Waals surface area contributed by atoms with E-state index in [-0.39, 0.29) is 28.2 Å². The normalized spacial score (nSPS) is 15.3. The number of ether oxygens (including phenoxy) is 1. The first-order valence-corrected chi connectivity index (χ1v) is 6.74. The van der Waals surface area contributed by atoms with Gasteiger partial charge in [0.05, 0.1) is 16.7 Å². The summed E-state index contributed by atoms with van der Waals surface area (Å²) in [6.45, 7) is 0. The van der Waals surface area contributed by atoms with Crippen LogP contribution in [0.2, 0.25) is 0 Å². The fourth-order valence-corrected chi connectivity index (χ4v) is 2.28. The van der Waals surface area contributed by atoms with Crippen molar-refractivity contribution in [2.45, 2.75) is 6.18 Å². The van der Waals surface area contributed by atoms with E-state index in [0.717, 1.165) is 12.1 Å². The minimum absolute atomic E-state index is 0.0631. The van der Waals surface area contributed by atoms with Crippen LogP contribution in [-0.4, -0.2) is 16.9 Å². The standard InChI is InChI=1S/C17H9F3O4/c18-17(19,20)11-3-1-2-9(6-11)7-14-15(21)12-8-10(16(22)23)4-5-13(12)24-14/h1-8H,(H,22,23)/b14-7-. The second kappa shape index (κ2) is 5.52. The van der Waals surface area contributed by atoms with Gasteiger partial charge in [-0.3, -0.25) is 4.79 Å². The van der Waals surface area contributed by atoms with Gasteiger partial charge < -0.3 is 9.84 Å². The van der Waals surface area contributed by atoms with Crippen LogP contribution in [-0.2, 0) is 6.18 Å². The molecule has 4 nitrogen and oxygen atoms in total. The van der Waals surface area contributed by atoms with E-state index in [2.05, 4.69) is 0 Å². The summed E-state index contributed by atoms with van der Waals surface area (Å²) in [7, 11) is 0. The molecule has 2 aromatic carbocycles. The molecule has 7 heteroatoms. The number of allylic oxidation sites excluding steroid dienone is 1. The third-order valence-electron chi connectivity index (χ3n) is 3.43. The molecule has 1 aliphatic rings. The molecule has 0 spiro atoms. The van der Waals surface area contributed by atoms with Crippen LogP contribution in [0.3, 0.4) is 0 Å². The van der Waals surface area contributed by atoms with Crippen LogP contribution in [0.1, 0.15) is 31.8 Å². The maximum absolute atomic E-state index is 12.7. The van der Waals surface area contributed by atoms with Crippen LogP contribution >= 0.6 is 0 Å². The molecule has 0 radical (unpaired) electrons. The topological polar surface area (TPSA) is 63.6 Å². The Morgan fingerprint density at radius 3 is 2.54 bits per heavy atom. The van der Waals surface area contributed by atoms with Crippen molar-refractivity contribution in [2.75, 3.05) is 0 Å². The molecule has 0 atom stereocenters. The average Bonchev–Trinajstić information content (AvgIpc) is 2.82. The summed E-state index contributed by atoms with van der Waals surface area (Å²) in [5.41, 5.74) is -0.702. The van der Waals surface area contributed by atoms with Crippen LogP contribution in [0.4, 0.5) is 13.2 Å². The largest absolute Gasteiger partial charge is 0.478 e. The van der Waals surface area contributed by atoms with E-state index < -0.39 is 23.5 Å². The lowest BCUT2D eigenvalue weighted by molar-refractivity contribution is -0.137. The van der Waals surface area contributed by atoms with Gasteiger partial charge in [0.25, 0.3) is 0 Å². The van der Waals surface area contributed by atoms with E-state index in [4.69, 9.17) is 9.84 Å². The number of Topliss-reactive ketones (excluding diaryl/α,β-unsaturated/α-hetero) is 1. The van der Waals surface area contributed by atoms with Crippen LogP contribution in [0, 0.1) is 0 Å². The zero-order valence-corrected chi connectivity index (χ0v) is 11.9. The van der Waals surface area contributed by atoms with Gasteiger partial charge in [0.15, 0.2) is 5.76 Å². The summed E-state index contributed by atoms with van der Waals surface area (Å²) in [5.74, 6) is -1.76. The smallest absolute Gasteiger partial charge is 0.416 e. The number of ketones is 1. The number of benzene rings is 2. The van der Waals surface area contributed by atoms with E-state index in [1.165, 1.54) is 36.4 Å². The molecule has 0 saturated heterocycles. The van der Waals surface area contributed by atoms with Crippen LogP contribution in [0.15, 0.2) is 48.2 Å². The SMILES string of the molecule is O=C(O)c1ccc2c(c1)C(=O)/C(=C/c1cccc(C(F)(F)F)c1)O2. The Morgan fingerprint density at radius 1 is 1.12 bits per heavy atom. The van der Waals surface area contributed by atoms with Crippen molar-refractivity contribution < 1.29 is 32.6 Å². The molecule has 0 amide bonds. The highest BCUT2D eigenvalue weighted by Gasteiger charge is 2.31. The Bertz CT molecular complexity index is 882. The highest BCUT2D eigenvalue weighted by molar-refractivity contribution is 6.15. The predicted molar refractivity (Wildman–Crippen MR) is 77.8 cm³/mol. The molecule has 0 aromatic heterocycles. The summed E-state index contributed by atoms with van der Waals surface area (Å²) in [6.07, 6.45) is -3.30. The van der Waals surface area contributed by atoms with Crippen molar-refractivity contribution in [2.24, 2.45) is 0 Å². The lowest BCUT2D eigenvalue weighted by atomic mass is 10.1. The molecule has 0 bridgehead atoms. The Balaban J connectivity index is 1.96. The average molecular weight is 334 g/mol. The van der Waals surface area contributed by atoms with Crippen LogP contribution in [0.25, 0.3) is 6.08 Å². The molecular formula is C17H9F3O4. The van der Waals surface area contributed by atoms with Crippen LogP contribution in [0.5, 0.6) is 5.75 Å². The monoisotopic (exact) mass is 334 g/mol. The van der Waals surface area contributed by atoms with Gasteiger partial charge in [-0.1, -0.05) is 12.1 Å². The molecule has 0 saturated carbocycles. The van der Waals surface area contributed by atoms with E-state index in [0.29, 0.717) is 0 Å². The van der Waals surface area contributed by atoms with Gasteiger partial charge in [0.1, 0.15) is 5.75 Å². The van der Waals surface area contributed by atoms with Gasteiger partial charge in [-0.25, -0.2) is 4.79 Å². The third-order valence-corrected chi connectivity index (χ3v) is 3.43. The summed E-state index contributed by atoms with van der Waals surface area (Å²) in [5, 5.41) is 8.94. The van der Waals surface area contributed by atoms with Crippen molar-refractivity contribution in [3.05, 3.63) is 70.5 Å². The van der Waals surface area contributed by atoms with Gasteiger partial charge in [0.2, 0.25) is 5.78 Å². The van der Waals surface area contributed by atoms with E-state index in [1.807, 2.05) is 0 Å². The minimum atomic E-state index is -4.49. The molecule has 0 unspecified atom stereocenters. The highest BCUT2D eigenvalue weighted by atomic mass is 19.4. The molecular weight excluding hydrogens is 325 g/mol. The van der Waals surface area contributed by atoms with Gasteiger partial charge >= 0.3 is 12.1 Å². The van der Waals surface area contributed by atoms with Gasteiger partial charge in [-0.2, -0.15) is 13.2 Å². The number of carboxylic acids is 1. The number of aromatic carboxylic acids is 1. The number of carboxylic acid groups (broad SMARTS) is 1. The molecule has 1 N–H and O–H groups in total. The first kappa shape index (κ1) is 15.8. The zero-order valence-electron chi connectivity index (χ0n) is 11.9. The summed E-state index contributed by atoms with van der Waals surface area (Å²) in [4.78, 5) is 23.2. The fourth-order valence-electron chi connectivity index (χ4n) is 2.28. The molecule has 0 fully saturated rings. The van der Waals surface area contributed by atoms with Crippen molar-refractivity contribution in [1.29, 1.82) is 0 Å². The fraction of sp³-hybridized carbons (Fsp3) is 0.0588. The predicted octanol–water partition coefficient (Wildman–Crippen LogP) is 4.02. The van der Waals surface area contributed by atoms with E-state index >= 15 is 0 Å². The highest BCUT2D eigenvalue weighted by Crippen LogP contribution is 2.34. The molecule has 122 valence electrons. The van der Waals surface area contributed by atoms with Crippen molar-refractivity contribution in [1.82, 2.24) is 0 Å². The van der Waals surface area contributed by atoms with Gasteiger partial charge in [-0.05, 0) is 42.0 Å². The number of halogens is 3. The molecule has 2 aromatic rings. The maximum atomic E-state index is 12.7. The molecule has 1 heterocycles. The lowest BCUT2D eigenvalue weighted by Crippen LogP contribution is -2.05. The second-order valence-electron chi connectivity index (χ2n) is 5.08. The first-order chi connectivity index (χ1) is 11.3. The molecule has 1 aliphatic heterocycles. The number of carbonyl (C=O) groups is 2. The maximum Gasteiger partial charge on any atom is 0.416 e. The second-order valence-corrected chi connectivity index (χ2v) is 5.08. The van der Waals surface area contributed by atoms with Crippen molar-refractivity contribution in [3.8, 4) is 5.75 Å². The molecule has 3 rings (SSSR count). The third kappa shape index (κ3) is 2.88. The van der Waals surface area contributed by atoms with Gasteiger partial charge in [0, 0.05) is 0 Å². The van der Waals surface area contributed by atoms with Crippen molar-refractivity contribution in [3.63, 3.8) is 0 Å². The Morgan fingerprint density at radius 2 is 1.88 bits per heavy atom. The van der Waals surface area contributed by atoms with Crippen LogP contribution < -0.4 is 4.74 Å². The number of carbonyl (C=O) groups excluding carboxylic acids is 1. The number of fused-ring (bicyclic) bond motifs is 1. The summed E-state index contributed by atoms with van der Waals surface area (Å²) >= 11 is 0. The quantitative estimate of drug-likeness (QED) is 0.843. The van der Waals surface area contributed by atoms with Gasteiger partial charge in [-0.15, -0.1) is 0 Å². The Labute approximate surface area is 133 Å². The Kier molecular flexibility index (Phi) is 3.63. The van der Waals surface area contributed by atoms with E-state index in [1.54, 1.807) is 0 Å². The first-order valence-electron chi connectivity index (χ1n) is 6.74. The summed E-state index contributed by atoms with van der Waals surface area (Å²) in [6, 6.07) is 8.25. The lowest BCUT2D eigenvalue weighted by Gasteiger charge is -2.07. The number of hydrogen-bond acceptors (Lipinski definition) is 3. The number of hydrogen-bond donors (Lipinski definition) is 1. The minimum Gasteiger partial charge on any atom is -0.478 e. The molecule has 24 heavy (non-hydrogen) atoms. The van der Waals surface area contributed by atoms with E-state index in [9.17, 15) is 22.8 Å².